The molecule has 3 heteroatoms. The van der Waals surface area contributed by atoms with Gasteiger partial charge >= 0.3 is 0 Å². The second kappa shape index (κ2) is 5.13. The molecule has 2 nitrogen and oxygen atoms in total. The first-order chi connectivity index (χ1) is 6.66. The Bertz CT molecular complexity index is 211. The molecule has 0 saturated carbocycles. The van der Waals surface area contributed by atoms with Crippen LogP contribution in [0, 0.1) is 5.92 Å². The second-order valence-corrected chi connectivity index (χ2v) is 3.88. The molecule has 1 amide bonds. The number of rotatable bonds is 3. The summed E-state index contributed by atoms with van der Waals surface area (Å²) in [7, 11) is 0. The zero-order valence-electron chi connectivity index (χ0n) is 8.71. The Kier molecular flexibility index (Phi) is 4.11. The van der Waals surface area contributed by atoms with E-state index in [2.05, 4.69) is 6.58 Å². The van der Waals surface area contributed by atoms with Gasteiger partial charge in [0.1, 0.15) is 0 Å². The molecule has 0 spiro atoms. The van der Waals surface area contributed by atoms with Crippen LogP contribution in [0.5, 0.6) is 0 Å². The summed E-state index contributed by atoms with van der Waals surface area (Å²) < 4.78 is 13.5. The van der Waals surface area contributed by atoms with Crippen LogP contribution in [0.25, 0.3) is 0 Å². The van der Waals surface area contributed by atoms with Crippen LogP contribution in [0.15, 0.2) is 12.7 Å². The summed E-state index contributed by atoms with van der Waals surface area (Å²) in [5.41, 5.74) is 0. The van der Waals surface area contributed by atoms with E-state index in [-0.39, 0.29) is 11.8 Å². The minimum Gasteiger partial charge on any atom is -0.340 e. The van der Waals surface area contributed by atoms with Gasteiger partial charge in [-0.25, -0.2) is 4.39 Å². The molecule has 1 fully saturated rings. The largest absolute Gasteiger partial charge is 0.340 e. The van der Waals surface area contributed by atoms with Crippen molar-refractivity contribution in [3.05, 3.63) is 12.7 Å². The van der Waals surface area contributed by atoms with Crippen molar-refractivity contribution in [2.75, 3.05) is 13.1 Å². The van der Waals surface area contributed by atoms with Gasteiger partial charge in [-0.1, -0.05) is 13.0 Å². The van der Waals surface area contributed by atoms with E-state index in [0.29, 0.717) is 13.1 Å². The fourth-order valence-electron chi connectivity index (χ4n) is 1.63. The van der Waals surface area contributed by atoms with Crippen molar-refractivity contribution in [3.63, 3.8) is 0 Å². The molecule has 0 radical (unpaired) electrons. The predicted octanol–water partition coefficient (Wildman–Crippen LogP) is 2.16. The lowest BCUT2D eigenvalue weighted by Gasteiger charge is -2.28. The van der Waals surface area contributed by atoms with Gasteiger partial charge in [0.25, 0.3) is 5.91 Å². The Labute approximate surface area is 84.8 Å². The normalized spacial score (nSPS) is 21.4. The number of nitrogens with zero attached hydrogens (tertiary/aromatic N) is 1. The minimum atomic E-state index is -1.41. The monoisotopic (exact) mass is 199 g/mol. The molecule has 1 aliphatic heterocycles. The first-order valence-corrected chi connectivity index (χ1v) is 5.22. The summed E-state index contributed by atoms with van der Waals surface area (Å²) in [6, 6.07) is 0. The predicted molar refractivity (Wildman–Crippen MR) is 54.7 cm³/mol. The van der Waals surface area contributed by atoms with Crippen LogP contribution in [-0.4, -0.2) is 30.1 Å². The lowest BCUT2D eigenvalue weighted by molar-refractivity contribution is -0.138. The van der Waals surface area contributed by atoms with Crippen molar-refractivity contribution in [1.82, 2.24) is 4.90 Å². The second-order valence-electron chi connectivity index (χ2n) is 3.88. The van der Waals surface area contributed by atoms with Crippen molar-refractivity contribution in [2.45, 2.75) is 32.4 Å². The van der Waals surface area contributed by atoms with Crippen molar-refractivity contribution < 1.29 is 9.18 Å². The Morgan fingerprint density at radius 1 is 1.43 bits per heavy atom. The lowest BCUT2D eigenvalue weighted by Crippen LogP contribution is -2.42. The van der Waals surface area contributed by atoms with Crippen LogP contribution < -0.4 is 0 Å². The summed E-state index contributed by atoms with van der Waals surface area (Å²) in [6.45, 7) is 6.60. The molecule has 1 rings (SSSR count). The molecule has 80 valence electrons. The highest BCUT2D eigenvalue weighted by Crippen LogP contribution is 2.16. The molecule has 1 aliphatic rings. The van der Waals surface area contributed by atoms with Crippen molar-refractivity contribution >= 4 is 5.91 Å². The molecule has 1 heterocycles. The zero-order chi connectivity index (χ0) is 10.6. The number of carbonyl (C=O) groups is 1. The average Bonchev–Trinajstić information content (AvgIpc) is 2.27. The number of amides is 1. The molecular formula is C11H18FNO. The van der Waals surface area contributed by atoms with Crippen LogP contribution in [0.1, 0.15) is 26.2 Å². The summed E-state index contributed by atoms with van der Waals surface area (Å²) in [5, 5.41) is 0. The maximum Gasteiger partial charge on any atom is 0.257 e. The smallest absolute Gasteiger partial charge is 0.257 e. The van der Waals surface area contributed by atoms with Gasteiger partial charge in [-0.2, -0.15) is 0 Å². The van der Waals surface area contributed by atoms with Gasteiger partial charge in [0.15, 0.2) is 6.17 Å². The third-order valence-corrected chi connectivity index (χ3v) is 2.74. The van der Waals surface area contributed by atoms with E-state index < -0.39 is 6.17 Å². The van der Waals surface area contributed by atoms with E-state index in [1.165, 1.54) is 6.08 Å². The van der Waals surface area contributed by atoms with Crippen LogP contribution in [-0.2, 0) is 4.79 Å². The van der Waals surface area contributed by atoms with Crippen molar-refractivity contribution in [3.8, 4) is 0 Å². The van der Waals surface area contributed by atoms with Gasteiger partial charge in [0.05, 0.1) is 0 Å². The fourth-order valence-corrected chi connectivity index (χ4v) is 1.63. The first-order valence-electron chi connectivity index (χ1n) is 5.22. The lowest BCUT2D eigenvalue weighted by atomic mass is 10.0. The van der Waals surface area contributed by atoms with Gasteiger partial charge in [0, 0.05) is 19.0 Å². The number of likely N-dealkylation sites (tertiary alicyclic amines) is 1. The summed E-state index contributed by atoms with van der Waals surface area (Å²) in [5.74, 6) is -0.749. The van der Waals surface area contributed by atoms with Crippen LogP contribution in [0.4, 0.5) is 4.39 Å². The van der Waals surface area contributed by atoms with E-state index in [4.69, 9.17) is 0 Å². The Morgan fingerprint density at radius 2 is 2.00 bits per heavy atom. The van der Waals surface area contributed by atoms with Gasteiger partial charge in [-0.05, 0) is 19.3 Å². The number of allylic oxidation sites excluding steroid dienone is 1. The third-order valence-electron chi connectivity index (χ3n) is 2.74. The number of piperidine rings is 1. The molecule has 0 aromatic heterocycles. The minimum absolute atomic E-state index is 0.364. The number of carbonyl (C=O) groups excluding carboxylic acids is 1. The SMILES string of the molecule is C=C[C@H](C)[C@@H](F)C(=O)N1CCCCC1. The van der Waals surface area contributed by atoms with Gasteiger partial charge in [0.2, 0.25) is 0 Å². The van der Waals surface area contributed by atoms with Crippen LogP contribution >= 0.6 is 0 Å². The van der Waals surface area contributed by atoms with Crippen LogP contribution in [0.3, 0.4) is 0 Å². The number of hydrogen-bond donors (Lipinski definition) is 0. The number of hydrogen-bond acceptors (Lipinski definition) is 1. The van der Waals surface area contributed by atoms with Gasteiger partial charge in [-0.3, -0.25) is 4.79 Å². The summed E-state index contributed by atoms with van der Waals surface area (Å²) in [4.78, 5) is 13.2. The van der Waals surface area contributed by atoms with Crippen LogP contribution in [0.2, 0.25) is 0 Å². The maximum atomic E-state index is 13.5. The molecule has 0 N–H and O–H groups in total. The van der Waals surface area contributed by atoms with E-state index in [9.17, 15) is 9.18 Å². The quantitative estimate of drug-likeness (QED) is 0.638. The fraction of sp³-hybridized carbons (Fsp3) is 0.727. The van der Waals surface area contributed by atoms with Gasteiger partial charge < -0.3 is 4.90 Å². The van der Waals surface area contributed by atoms with E-state index >= 15 is 0 Å². The first kappa shape index (κ1) is 11.2. The highest BCUT2D eigenvalue weighted by molar-refractivity contribution is 5.81. The van der Waals surface area contributed by atoms with Gasteiger partial charge in [-0.15, -0.1) is 6.58 Å². The highest BCUT2D eigenvalue weighted by atomic mass is 19.1. The molecule has 0 aromatic rings. The number of alkyl halides is 1. The molecule has 0 aliphatic carbocycles. The topological polar surface area (TPSA) is 20.3 Å². The highest BCUT2D eigenvalue weighted by Gasteiger charge is 2.28. The zero-order valence-corrected chi connectivity index (χ0v) is 8.71. The molecule has 1 saturated heterocycles. The standard InChI is InChI=1S/C11H18FNO/c1-3-9(2)10(12)11(14)13-7-5-4-6-8-13/h3,9-10H,1,4-8H2,2H3/t9-,10+/m0/s1. The molecular weight excluding hydrogens is 181 g/mol. The Morgan fingerprint density at radius 3 is 2.50 bits per heavy atom. The third kappa shape index (κ3) is 2.56. The van der Waals surface area contributed by atoms with Crippen molar-refractivity contribution in [2.24, 2.45) is 5.92 Å². The molecule has 0 bridgehead atoms. The van der Waals surface area contributed by atoms with E-state index in [1.54, 1.807) is 11.8 Å². The van der Waals surface area contributed by atoms with Crippen molar-refractivity contribution in [1.29, 1.82) is 0 Å². The molecule has 2 atom stereocenters. The Hall–Kier alpha value is -0.860. The maximum absolute atomic E-state index is 13.5. The molecule has 0 aromatic carbocycles. The number of halogens is 1. The molecule has 0 unspecified atom stereocenters. The van der Waals surface area contributed by atoms with E-state index in [1.807, 2.05) is 0 Å². The summed E-state index contributed by atoms with van der Waals surface area (Å²) in [6.07, 6.45) is 3.23. The molecule has 14 heavy (non-hydrogen) atoms. The Balaban J connectivity index is 2.49. The van der Waals surface area contributed by atoms with E-state index in [0.717, 1.165) is 19.3 Å². The summed E-state index contributed by atoms with van der Waals surface area (Å²) >= 11 is 0. The average molecular weight is 199 g/mol.